The quantitative estimate of drug-likeness (QED) is 0.905. The first kappa shape index (κ1) is 12.9. The number of amides is 1. The fourth-order valence-electron chi connectivity index (χ4n) is 1.42. The molecule has 1 aromatic heterocycles. The summed E-state index contributed by atoms with van der Waals surface area (Å²) in [7, 11) is 0. The van der Waals surface area contributed by atoms with Crippen LogP contribution in [0.4, 0.5) is 10.1 Å². The smallest absolute Gasteiger partial charge is 0.249 e. The summed E-state index contributed by atoms with van der Waals surface area (Å²) < 4.78 is 12.8. The van der Waals surface area contributed by atoms with Gasteiger partial charge in [0.15, 0.2) is 0 Å². The van der Waals surface area contributed by atoms with E-state index in [2.05, 4.69) is 5.32 Å². The minimum atomic E-state index is -0.447. The zero-order valence-electron chi connectivity index (χ0n) is 9.24. The fraction of sp³-hybridized carbons (Fsp3) is 0.0833. The lowest BCUT2D eigenvalue weighted by atomic mass is 10.3. The van der Waals surface area contributed by atoms with Crippen LogP contribution >= 0.6 is 22.9 Å². The molecule has 0 bridgehead atoms. The van der Waals surface area contributed by atoms with Gasteiger partial charge in [-0.3, -0.25) is 4.79 Å². The summed E-state index contributed by atoms with van der Waals surface area (Å²) in [5.74, 6) is -0.824. The normalized spacial score (nSPS) is 10.3. The molecule has 2 aromatic rings. The van der Waals surface area contributed by atoms with Gasteiger partial charge in [-0.1, -0.05) is 11.6 Å². The molecule has 0 atom stereocenters. The van der Waals surface area contributed by atoms with E-state index in [1.165, 1.54) is 23.5 Å². The highest BCUT2D eigenvalue weighted by Gasteiger charge is 2.06. The van der Waals surface area contributed by atoms with Gasteiger partial charge in [0.25, 0.3) is 0 Å². The highest BCUT2D eigenvalue weighted by atomic mass is 35.5. The molecule has 6 heteroatoms. The zero-order chi connectivity index (χ0) is 13.1. The molecule has 1 heterocycles. The number of anilines is 1. The lowest BCUT2D eigenvalue weighted by Gasteiger charge is -2.06. The van der Waals surface area contributed by atoms with Crippen molar-refractivity contribution in [3.8, 4) is 0 Å². The molecule has 0 saturated heterocycles. The SMILES string of the molecule is NC(=O)c1csc(CNc2ccc(F)cc2Cl)c1. The summed E-state index contributed by atoms with van der Waals surface area (Å²) in [4.78, 5) is 11.9. The number of hydrogen-bond donors (Lipinski definition) is 2. The summed E-state index contributed by atoms with van der Waals surface area (Å²) in [5.41, 5.74) is 6.29. The van der Waals surface area contributed by atoms with Crippen LogP contribution < -0.4 is 11.1 Å². The second kappa shape index (κ2) is 5.37. The number of nitrogens with one attached hydrogen (secondary N) is 1. The number of primary amides is 1. The van der Waals surface area contributed by atoms with Crippen LogP contribution in [0, 0.1) is 5.82 Å². The van der Waals surface area contributed by atoms with Gasteiger partial charge < -0.3 is 11.1 Å². The minimum Gasteiger partial charge on any atom is -0.379 e. The van der Waals surface area contributed by atoms with Crippen molar-refractivity contribution < 1.29 is 9.18 Å². The van der Waals surface area contributed by atoms with E-state index >= 15 is 0 Å². The van der Waals surface area contributed by atoms with E-state index in [-0.39, 0.29) is 5.82 Å². The van der Waals surface area contributed by atoms with Crippen molar-refractivity contribution >= 4 is 34.5 Å². The Labute approximate surface area is 112 Å². The summed E-state index contributed by atoms with van der Waals surface area (Å²) in [6.45, 7) is 0.503. The summed E-state index contributed by atoms with van der Waals surface area (Å²) in [6, 6.07) is 5.86. The Balaban J connectivity index is 2.04. The fourth-order valence-corrected chi connectivity index (χ4v) is 2.46. The number of carbonyl (C=O) groups is 1. The van der Waals surface area contributed by atoms with E-state index in [0.29, 0.717) is 22.8 Å². The molecule has 0 fully saturated rings. The Hall–Kier alpha value is -1.59. The topological polar surface area (TPSA) is 55.1 Å². The van der Waals surface area contributed by atoms with Gasteiger partial charge in [0.05, 0.1) is 16.3 Å². The molecule has 0 spiro atoms. The van der Waals surface area contributed by atoms with E-state index in [1.54, 1.807) is 17.5 Å². The van der Waals surface area contributed by atoms with Gasteiger partial charge >= 0.3 is 0 Å². The monoisotopic (exact) mass is 284 g/mol. The van der Waals surface area contributed by atoms with Crippen molar-refractivity contribution in [2.45, 2.75) is 6.54 Å². The van der Waals surface area contributed by atoms with Gasteiger partial charge in [-0.25, -0.2) is 4.39 Å². The van der Waals surface area contributed by atoms with Gasteiger partial charge in [0.1, 0.15) is 5.82 Å². The van der Waals surface area contributed by atoms with E-state index in [4.69, 9.17) is 17.3 Å². The maximum Gasteiger partial charge on any atom is 0.249 e. The Kier molecular flexibility index (Phi) is 3.84. The number of thiophene rings is 1. The number of benzene rings is 1. The molecule has 0 aliphatic rings. The average Bonchev–Trinajstić information content (AvgIpc) is 2.76. The Morgan fingerprint density at radius 1 is 1.44 bits per heavy atom. The number of halogens is 2. The third-order valence-electron chi connectivity index (χ3n) is 2.32. The summed E-state index contributed by atoms with van der Waals surface area (Å²) >= 11 is 7.30. The molecular weight excluding hydrogens is 275 g/mol. The van der Waals surface area contributed by atoms with E-state index < -0.39 is 5.91 Å². The number of nitrogens with two attached hydrogens (primary N) is 1. The van der Waals surface area contributed by atoms with Crippen LogP contribution in [0.3, 0.4) is 0 Å². The Morgan fingerprint density at radius 3 is 2.83 bits per heavy atom. The van der Waals surface area contributed by atoms with Gasteiger partial charge in [0.2, 0.25) is 5.91 Å². The maximum atomic E-state index is 12.8. The van der Waals surface area contributed by atoms with E-state index in [9.17, 15) is 9.18 Å². The standard InChI is InChI=1S/C12H10ClFN2OS/c13-10-4-8(14)1-2-11(10)16-5-9-3-7(6-18-9)12(15)17/h1-4,6,16H,5H2,(H2,15,17). The number of hydrogen-bond acceptors (Lipinski definition) is 3. The van der Waals surface area contributed by atoms with Gasteiger partial charge in [0, 0.05) is 16.8 Å². The van der Waals surface area contributed by atoms with E-state index in [1.807, 2.05) is 0 Å². The molecule has 0 radical (unpaired) electrons. The van der Waals surface area contributed by atoms with Crippen molar-refractivity contribution in [3.05, 3.63) is 50.9 Å². The van der Waals surface area contributed by atoms with Crippen LogP contribution in [0.5, 0.6) is 0 Å². The highest BCUT2D eigenvalue weighted by Crippen LogP contribution is 2.24. The largest absolute Gasteiger partial charge is 0.379 e. The van der Waals surface area contributed by atoms with Crippen LogP contribution in [0.1, 0.15) is 15.2 Å². The molecule has 0 aliphatic carbocycles. The van der Waals surface area contributed by atoms with Crippen molar-refractivity contribution in [3.63, 3.8) is 0 Å². The Bertz CT molecular complexity index is 585. The first-order valence-electron chi connectivity index (χ1n) is 5.12. The molecule has 3 N–H and O–H groups in total. The molecule has 3 nitrogen and oxygen atoms in total. The van der Waals surface area contributed by atoms with Crippen molar-refractivity contribution in [2.75, 3.05) is 5.32 Å². The minimum absolute atomic E-state index is 0.321. The van der Waals surface area contributed by atoms with Crippen LogP contribution in [0.2, 0.25) is 5.02 Å². The lowest BCUT2D eigenvalue weighted by Crippen LogP contribution is -2.09. The Morgan fingerprint density at radius 2 is 2.22 bits per heavy atom. The van der Waals surface area contributed by atoms with Crippen LogP contribution in [0.25, 0.3) is 0 Å². The number of carbonyl (C=O) groups excluding carboxylic acids is 1. The van der Waals surface area contributed by atoms with Gasteiger partial charge in [-0.15, -0.1) is 11.3 Å². The van der Waals surface area contributed by atoms with Crippen molar-refractivity contribution in [1.82, 2.24) is 0 Å². The molecular formula is C12H10ClFN2OS. The van der Waals surface area contributed by atoms with Gasteiger partial charge in [-0.05, 0) is 24.3 Å². The third kappa shape index (κ3) is 3.00. The summed E-state index contributed by atoms with van der Waals surface area (Å²) in [5, 5.41) is 5.09. The van der Waals surface area contributed by atoms with Crippen molar-refractivity contribution in [2.24, 2.45) is 5.73 Å². The molecule has 2 rings (SSSR count). The third-order valence-corrected chi connectivity index (χ3v) is 3.57. The molecule has 1 amide bonds. The van der Waals surface area contributed by atoms with Crippen LogP contribution in [0.15, 0.2) is 29.6 Å². The van der Waals surface area contributed by atoms with E-state index in [0.717, 1.165) is 4.88 Å². The molecule has 0 aliphatic heterocycles. The first-order chi connectivity index (χ1) is 8.56. The van der Waals surface area contributed by atoms with Crippen molar-refractivity contribution in [1.29, 1.82) is 0 Å². The molecule has 0 unspecified atom stereocenters. The molecule has 1 aromatic carbocycles. The van der Waals surface area contributed by atoms with Gasteiger partial charge in [-0.2, -0.15) is 0 Å². The summed E-state index contributed by atoms with van der Waals surface area (Å²) in [6.07, 6.45) is 0. The molecule has 18 heavy (non-hydrogen) atoms. The second-order valence-electron chi connectivity index (χ2n) is 3.64. The first-order valence-corrected chi connectivity index (χ1v) is 6.38. The predicted octanol–water partition coefficient (Wildman–Crippen LogP) is 3.25. The highest BCUT2D eigenvalue weighted by molar-refractivity contribution is 7.10. The second-order valence-corrected chi connectivity index (χ2v) is 5.05. The van der Waals surface area contributed by atoms with Crippen LogP contribution in [-0.4, -0.2) is 5.91 Å². The predicted molar refractivity (Wildman–Crippen MR) is 71.6 cm³/mol. The molecule has 0 saturated carbocycles. The maximum absolute atomic E-state index is 12.8. The number of rotatable bonds is 4. The lowest BCUT2D eigenvalue weighted by molar-refractivity contribution is 0.100. The van der Waals surface area contributed by atoms with Crippen LogP contribution in [-0.2, 0) is 6.54 Å². The zero-order valence-corrected chi connectivity index (χ0v) is 10.8. The average molecular weight is 285 g/mol. The molecule has 94 valence electrons.